The zero-order valence-corrected chi connectivity index (χ0v) is 11.4. The molecule has 4 nitrogen and oxygen atoms in total. The summed E-state index contributed by atoms with van der Waals surface area (Å²) in [5.74, 6) is 0.557. The molecule has 4 heteroatoms. The topological polar surface area (TPSA) is 44.7 Å². The number of aliphatic hydroxyl groups is 1. The molecule has 0 saturated heterocycles. The molecule has 0 heterocycles. The highest BCUT2D eigenvalue weighted by Gasteiger charge is 2.14. The largest absolute Gasteiger partial charge is 0.390 e. The van der Waals surface area contributed by atoms with Crippen LogP contribution in [0.4, 0.5) is 0 Å². The Labute approximate surface area is 100.0 Å². The first kappa shape index (κ1) is 15.8. The standard InChI is InChI=1S/C12H28N2O2/c1-10(2)12(6-7-16-5)13-8-11(15)9-14(3)4/h10-13,15H,6-9H2,1-5H3. The zero-order chi connectivity index (χ0) is 12.6. The van der Waals surface area contributed by atoms with Crippen molar-refractivity contribution in [3.05, 3.63) is 0 Å². The minimum atomic E-state index is -0.307. The van der Waals surface area contributed by atoms with Crippen LogP contribution >= 0.6 is 0 Å². The molecular weight excluding hydrogens is 204 g/mol. The van der Waals surface area contributed by atoms with E-state index >= 15 is 0 Å². The Kier molecular flexibility index (Phi) is 8.84. The molecule has 0 fully saturated rings. The molecule has 0 amide bonds. The zero-order valence-electron chi connectivity index (χ0n) is 11.4. The summed E-state index contributed by atoms with van der Waals surface area (Å²) in [5, 5.41) is 13.1. The monoisotopic (exact) mass is 232 g/mol. The number of likely N-dealkylation sites (N-methyl/N-ethyl adjacent to an activating group) is 1. The number of nitrogens with zero attached hydrogens (tertiary/aromatic N) is 1. The minimum Gasteiger partial charge on any atom is -0.390 e. The van der Waals surface area contributed by atoms with Gasteiger partial charge in [0, 0.05) is 32.8 Å². The first-order valence-electron chi connectivity index (χ1n) is 6.02. The van der Waals surface area contributed by atoms with E-state index in [9.17, 15) is 5.11 Å². The summed E-state index contributed by atoms with van der Waals surface area (Å²) in [6.07, 6.45) is 0.682. The van der Waals surface area contributed by atoms with Gasteiger partial charge in [-0.05, 0) is 26.4 Å². The van der Waals surface area contributed by atoms with E-state index in [4.69, 9.17) is 4.74 Å². The molecule has 0 aliphatic carbocycles. The van der Waals surface area contributed by atoms with Crippen LogP contribution in [0.1, 0.15) is 20.3 Å². The Bertz CT molecular complexity index is 163. The molecule has 0 aromatic rings. The highest BCUT2D eigenvalue weighted by atomic mass is 16.5. The Morgan fingerprint density at radius 2 is 1.94 bits per heavy atom. The van der Waals surface area contributed by atoms with Gasteiger partial charge < -0.3 is 20.1 Å². The normalized spacial score (nSPS) is 15.8. The molecule has 0 radical (unpaired) electrons. The van der Waals surface area contributed by atoms with Crippen LogP contribution in [-0.2, 0) is 4.74 Å². The van der Waals surface area contributed by atoms with Crippen molar-refractivity contribution in [1.29, 1.82) is 0 Å². The van der Waals surface area contributed by atoms with Gasteiger partial charge in [0.25, 0.3) is 0 Å². The van der Waals surface area contributed by atoms with Crippen LogP contribution in [-0.4, -0.2) is 63.1 Å². The number of hydrogen-bond donors (Lipinski definition) is 2. The fraction of sp³-hybridized carbons (Fsp3) is 1.00. The third kappa shape index (κ3) is 8.05. The second kappa shape index (κ2) is 8.93. The minimum absolute atomic E-state index is 0.307. The van der Waals surface area contributed by atoms with Gasteiger partial charge in [0.05, 0.1) is 6.10 Å². The van der Waals surface area contributed by atoms with E-state index in [1.165, 1.54) is 0 Å². The van der Waals surface area contributed by atoms with Gasteiger partial charge in [0.15, 0.2) is 0 Å². The molecule has 0 aromatic heterocycles. The fourth-order valence-corrected chi connectivity index (χ4v) is 1.69. The lowest BCUT2D eigenvalue weighted by Gasteiger charge is -2.24. The van der Waals surface area contributed by atoms with Crippen LogP contribution in [0.5, 0.6) is 0 Å². The Hall–Kier alpha value is -0.160. The third-order valence-corrected chi connectivity index (χ3v) is 2.63. The van der Waals surface area contributed by atoms with Crippen molar-refractivity contribution in [2.45, 2.75) is 32.4 Å². The molecule has 98 valence electrons. The van der Waals surface area contributed by atoms with Gasteiger partial charge in [-0.3, -0.25) is 0 Å². The smallest absolute Gasteiger partial charge is 0.0791 e. The third-order valence-electron chi connectivity index (χ3n) is 2.63. The molecule has 2 N–H and O–H groups in total. The average Bonchev–Trinajstić information content (AvgIpc) is 2.16. The summed E-state index contributed by atoms with van der Waals surface area (Å²) in [6, 6.07) is 0.414. The van der Waals surface area contributed by atoms with Crippen LogP contribution in [0.2, 0.25) is 0 Å². The van der Waals surface area contributed by atoms with Crippen molar-refractivity contribution < 1.29 is 9.84 Å². The van der Waals surface area contributed by atoms with Gasteiger partial charge in [0.1, 0.15) is 0 Å². The number of methoxy groups -OCH3 is 1. The number of nitrogens with one attached hydrogen (secondary N) is 1. The maximum atomic E-state index is 9.74. The predicted octanol–water partition coefficient (Wildman–Crippen LogP) is 0.560. The lowest BCUT2D eigenvalue weighted by atomic mass is 10.0. The van der Waals surface area contributed by atoms with Crippen LogP contribution in [0.15, 0.2) is 0 Å². The van der Waals surface area contributed by atoms with E-state index in [1.54, 1.807) is 7.11 Å². The molecule has 0 bridgehead atoms. The van der Waals surface area contributed by atoms with Crippen LogP contribution in [0.3, 0.4) is 0 Å². The van der Waals surface area contributed by atoms with Crippen molar-refractivity contribution in [3.63, 3.8) is 0 Å². The van der Waals surface area contributed by atoms with Gasteiger partial charge in [0.2, 0.25) is 0 Å². The molecule has 0 spiro atoms. The first-order valence-corrected chi connectivity index (χ1v) is 6.02. The lowest BCUT2D eigenvalue weighted by Crippen LogP contribution is -2.42. The first-order chi connectivity index (χ1) is 7.47. The fourth-order valence-electron chi connectivity index (χ4n) is 1.69. The van der Waals surface area contributed by atoms with Gasteiger partial charge in [-0.1, -0.05) is 13.8 Å². The quantitative estimate of drug-likeness (QED) is 0.610. The number of ether oxygens (including phenoxy) is 1. The van der Waals surface area contributed by atoms with Crippen molar-refractivity contribution in [2.24, 2.45) is 5.92 Å². The molecule has 0 rings (SSSR count). The molecule has 0 aliphatic heterocycles. The molecular formula is C12H28N2O2. The van der Waals surface area contributed by atoms with Gasteiger partial charge in [-0.2, -0.15) is 0 Å². The van der Waals surface area contributed by atoms with E-state index in [1.807, 2.05) is 19.0 Å². The summed E-state index contributed by atoms with van der Waals surface area (Å²) < 4.78 is 5.08. The SMILES string of the molecule is COCCC(NCC(O)CN(C)C)C(C)C. The van der Waals surface area contributed by atoms with Crippen LogP contribution in [0, 0.1) is 5.92 Å². The summed E-state index contributed by atoms with van der Waals surface area (Å²) >= 11 is 0. The average molecular weight is 232 g/mol. The number of rotatable bonds is 9. The molecule has 16 heavy (non-hydrogen) atoms. The Balaban J connectivity index is 3.82. The predicted molar refractivity (Wildman–Crippen MR) is 67.7 cm³/mol. The summed E-state index contributed by atoms with van der Waals surface area (Å²) in [7, 11) is 5.65. The maximum absolute atomic E-state index is 9.74. The molecule has 0 saturated carbocycles. The second-order valence-electron chi connectivity index (χ2n) is 4.96. The van der Waals surface area contributed by atoms with Crippen LogP contribution in [0.25, 0.3) is 0 Å². The maximum Gasteiger partial charge on any atom is 0.0791 e. The highest BCUT2D eigenvalue weighted by Crippen LogP contribution is 2.06. The lowest BCUT2D eigenvalue weighted by molar-refractivity contribution is 0.122. The van der Waals surface area contributed by atoms with Crippen LogP contribution < -0.4 is 5.32 Å². The molecule has 2 atom stereocenters. The van der Waals surface area contributed by atoms with Gasteiger partial charge in [-0.25, -0.2) is 0 Å². The van der Waals surface area contributed by atoms with Crippen molar-refractivity contribution >= 4 is 0 Å². The number of aliphatic hydroxyl groups excluding tert-OH is 1. The number of hydrogen-bond acceptors (Lipinski definition) is 4. The molecule has 0 aromatic carbocycles. The van der Waals surface area contributed by atoms with Crippen molar-refractivity contribution in [3.8, 4) is 0 Å². The van der Waals surface area contributed by atoms with Crippen molar-refractivity contribution in [1.82, 2.24) is 10.2 Å². The van der Waals surface area contributed by atoms with E-state index in [0.29, 0.717) is 25.0 Å². The van der Waals surface area contributed by atoms with E-state index < -0.39 is 0 Å². The van der Waals surface area contributed by atoms with Gasteiger partial charge >= 0.3 is 0 Å². The summed E-state index contributed by atoms with van der Waals surface area (Å²) in [5.41, 5.74) is 0. The van der Waals surface area contributed by atoms with E-state index in [0.717, 1.165) is 13.0 Å². The molecule has 0 aliphatic rings. The highest BCUT2D eigenvalue weighted by molar-refractivity contribution is 4.73. The second-order valence-corrected chi connectivity index (χ2v) is 4.96. The Morgan fingerprint density at radius 3 is 2.38 bits per heavy atom. The Morgan fingerprint density at radius 1 is 1.31 bits per heavy atom. The summed E-state index contributed by atoms with van der Waals surface area (Å²) in [4.78, 5) is 1.99. The van der Waals surface area contributed by atoms with Gasteiger partial charge in [-0.15, -0.1) is 0 Å². The van der Waals surface area contributed by atoms with Crippen molar-refractivity contribution in [2.75, 3.05) is 40.9 Å². The van der Waals surface area contributed by atoms with E-state index in [-0.39, 0.29) is 6.10 Å². The molecule has 2 unspecified atom stereocenters. The summed E-state index contributed by atoms with van der Waals surface area (Å²) in [6.45, 7) is 6.48. The van der Waals surface area contributed by atoms with E-state index in [2.05, 4.69) is 19.2 Å².